The predicted molar refractivity (Wildman–Crippen MR) is 145 cm³/mol. The van der Waals surface area contributed by atoms with Gasteiger partial charge in [0.05, 0.1) is 23.7 Å². The molecule has 0 bridgehead atoms. The molecule has 0 radical (unpaired) electrons. The van der Waals surface area contributed by atoms with Gasteiger partial charge in [-0.2, -0.15) is 0 Å². The molecule has 8 heteroatoms. The van der Waals surface area contributed by atoms with Crippen molar-refractivity contribution in [3.05, 3.63) is 60.3 Å². The summed E-state index contributed by atoms with van der Waals surface area (Å²) < 4.78 is 5.39. The van der Waals surface area contributed by atoms with Crippen LogP contribution in [0.5, 0.6) is 11.6 Å². The van der Waals surface area contributed by atoms with Crippen molar-refractivity contribution in [3.63, 3.8) is 0 Å². The first kappa shape index (κ1) is 24.8. The highest BCUT2D eigenvalue weighted by molar-refractivity contribution is 5.97. The van der Waals surface area contributed by atoms with Crippen LogP contribution in [-0.4, -0.2) is 64.2 Å². The van der Waals surface area contributed by atoms with Gasteiger partial charge in [0, 0.05) is 23.9 Å². The monoisotopic (exact) mass is 499 g/mol. The van der Waals surface area contributed by atoms with Crippen LogP contribution in [0.3, 0.4) is 0 Å². The average Bonchev–Trinajstić information content (AvgIpc) is 3.37. The number of nitrogens with zero attached hydrogens (tertiary/aromatic N) is 3. The van der Waals surface area contributed by atoms with E-state index in [0.717, 1.165) is 42.7 Å². The number of hydrogen-bond donors (Lipinski definition) is 3. The van der Waals surface area contributed by atoms with Gasteiger partial charge in [-0.3, -0.25) is 4.79 Å². The van der Waals surface area contributed by atoms with Crippen LogP contribution in [0, 0.1) is 5.92 Å². The summed E-state index contributed by atoms with van der Waals surface area (Å²) in [6.07, 6.45) is 5.09. The normalized spacial score (nSPS) is 14.6. The number of benzene rings is 2. The quantitative estimate of drug-likeness (QED) is 0.320. The number of H-pyrrole nitrogens is 1. The summed E-state index contributed by atoms with van der Waals surface area (Å²) in [5, 5.41) is 13.7. The number of aromatic amines is 1. The molecule has 2 aromatic carbocycles. The SMILES string of the molecule is CCN1CCC(CCNC(=O)c2ccc3[nH]c(-c4cc(-c5cccnc5OC)ccc4O)nc3c2)CC1. The second-order valence-corrected chi connectivity index (χ2v) is 9.53. The van der Waals surface area contributed by atoms with Crippen molar-refractivity contribution in [2.24, 2.45) is 5.92 Å². The summed E-state index contributed by atoms with van der Waals surface area (Å²) in [6.45, 7) is 6.31. The van der Waals surface area contributed by atoms with E-state index in [1.165, 1.54) is 12.8 Å². The van der Waals surface area contributed by atoms with Crippen LogP contribution in [0.1, 0.15) is 36.5 Å². The van der Waals surface area contributed by atoms with Gasteiger partial charge < -0.3 is 25.0 Å². The molecule has 1 aliphatic rings. The van der Waals surface area contributed by atoms with Gasteiger partial charge >= 0.3 is 0 Å². The number of imidazole rings is 1. The van der Waals surface area contributed by atoms with Crippen LogP contribution >= 0.6 is 0 Å². The molecule has 0 unspecified atom stereocenters. The Hall–Kier alpha value is -3.91. The van der Waals surface area contributed by atoms with E-state index < -0.39 is 0 Å². The van der Waals surface area contributed by atoms with E-state index in [0.29, 0.717) is 40.8 Å². The minimum atomic E-state index is -0.0917. The molecular weight excluding hydrogens is 466 g/mol. The van der Waals surface area contributed by atoms with Gasteiger partial charge in [0.2, 0.25) is 5.88 Å². The summed E-state index contributed by atoms with van der Waals surface area (Å²) in [5.41, 5.74) is 4.25. The number of carbonyl (C=O) groups excluding carboxylic acids is 1. The van der Waals surface area contributed by atoms with E-state index in [-0.39, 0.29) is 11.7 Å². The van der Waals surface area contributed by atoms with Gasteiger partial charge in [-0.15, -0.1) is 0 Å². The first-order valence-electron chi connectivity index (χ1n) is 12.9. The van der Waals surface area contributed by atoms with Gasteiger partial charge in [-0.1, -0.05) is 13.0 Å². The third kappa shape index (κ3) is 5.44. The summed E-state index contributed by atoms with van der Waals surface area (Å²) in [5.74, 6) is 1.72. The highest BCUT2D eigenvalue weighted by Gasteiger charge is 2.19. The molecule has 37 heavy (non-hydrogen) atoms. The molecule has 0 aliphatic carbocycles. The number of piperidine rings is 1. The highest BCUT2D eigenvalue weighted by atomic mass is 16.5. The maximum absolute atomic E-state index is 12.8. The number of nitrogens with one attached hydrogen (secondary N) is 2. The number of likely N-dealkylation sites (tertiary alicyclic amines) is 1. The lowest BCUT2D eigenvalue weighted by molar-refractivity contribution is 0.0948. The molecule has 8 nitrogen and oxygen atoms in total. The van der Waals surface area contributed by atoms with Crippen LogP contribution in [0.25, 0.3) is 33.5 Å². The highest BCUT2D eigenvalue weighted by Crippen LogP contribution is 2.35. The molecule has 3 heterocycles. The Bertz CT molecular complexity index is 1390. The van der Waals surface area contributed by atoms with Gasteiger partial charge in [0.1, 0.15) is 11.6 Å². The van der Waals surface area contributed by atoms with Crippen molar-refractivity contribution >= 4 is 16.9 Å². The summed E-state index contributed by atoms with van der Waals surface area (Å²) in [6, 6.07) is 14.5. The number of amides is 1. The smallest absolute Gasteiger partial charge is 0.251 e. The molecule has 0 spiro atoms. The zero-order valence-corrected chi connectivity index (χ0v) is 21.3. The summed E-state index contributed by atoms with van der Waals surface area (Å²) >= 11 is 0. The molecule has 1 amide bonds. The maximum Gasteiger partial charge on any atom is 0.251 e. The lowest BCUT2D eigenvalue weighted by Gasteiger charge is -2.31. The summed E-state index contributed by atoms with van der Waals surface area (Å²) in [7, 11) is 1.58. The minimum absolute atomic E-state index is 0.0917. The van der Waals surface area contributed by atoms with Crippen molar-refractivity contribution in [2.75, 3.05) is 33.3 Å². The number of fused-ring (bicyclic) bond motifs is 1. The van der Waals surface area contributed by atoms with Crippen molar-refractivity contribution in [1.82, 2.24) is 25.2 Å². The lowest BCUT2D eigenvalue weighted by atomic mass is 9.93. The third-order valence-corrected chi connectivity index (χ3v) is 7.26. The van der Waals surface area contributed by atoms with Crippen LogP contribution < -0.4 is 10.1 Å². The fourth-order valence-electron chi connectivity index (χ4n) is 5.02. The molecule has 1 fully saturated rings. The maximum atomic E-state index is 12.8. The van der Waals surface area contributed by atoms with E-state index in [2.05, 4.69) is 32.1 Å². The average molecular weight is 500 g/mol. The van der Waals surface area contributed by atoms with Crippen molar-refractivity contribution in [1.29, 1.82) is 0 Å². The standard InChI is InChI=1S/C29H33N5O3/c1-3-34-15-11-19(12-16-34)10-14-30-28(36)21-6-8-24-25(18-21)33-27(32-24)23-17-20(7-9-26(23)35)22-5-4-13-31-29(22)37-2/h4-9,13,17-19,35H,3,10-12,14-16H2,1-2H3,(H,30,36)(H,32,33). The molecule has 3 N–H and O–H groups in total. The Balaban J connectivity index is 1.30. The van der Waals surface area contributed by atoms with E-state index in [1.807, 2.05) is 30.3 Å². The van der Waals surface area contributed by atoms with Gasteiger partial charge in [-0.25, -0.2) is 9.97 Å². The topological polar surface area (TPSA) is 103 Å². The van der Waals surface area contributed by atoms with E-state index in [4.69, 9.17) is 4.74 Å². The second kappa shape index (κ2) is 11.0. The van der Waals surface area contributed by atoms with Gasteiger partial charge in [0.25, 0.3) is 5.91 Å². The van der Waals surface area contributed by atoms with Crippen molar-refractivity contribution in [3.8, 4) is 34.1 Å². The number of aromatic nitrogens is 3. The van der Waals surface area contributed by atoms with Crippen molar-refractivity contribution in [2.45, 2.75) is 26.2 Å². The van der Waals surface area contributed by atoms with Crippen molar-refractivity contribution < 1.29 is 14.6 Å². The lowest BCUT2D eigenvalue weighted by Crippen LogP contribution is -2.35. The number of phenolic OH excluding ortho intramolecular Hbond substituents is 1. The Morgan fingerprint density at radius 2 is 2.00 bits per heavy atom. The molecule has 192 valence electrons. The molecule has 4 aromatic rings. The Morgan fingerprint density at radius 3 is 2.78 bits per heavy atom. The molecule has 0 saturated carbocycles. The van der Waals surface area contributed by atoms with Crippen LogP contribution in [0.15, 0.2) is 54.7 Å². The molecule has 0 atom stereocenters. The predicted octanol–water partition coefficient (Wildman–Crippen LogP) is 4.86. The number of phenols is 1. The van der Waals surface area contributed by atoms with Crippen LogP contribution in [-0.2, 0) is 0 Å². The number of ether oxygens (including phenoxy) is 1. The zero-order valence-electron chi connectivity index (χ0n) is 21.3. The fraction of sp³-hybridized carbons (Fsp3) is 0.345. The minimum Gasteiger partial charge on any atom is -0.507 e. The van der Waals surface area contributed by atoms with Gasteiger partial charge in [0.15, 0.2) is 0 Å². The molecule has 1 saturated heterocycles. The zero-order chi connectivity index (χ0) is 25.8. The Labute approximate surface area is 216 Å². The van der Waals surface area contributed by atoms with E-state index >= 15 is 0 Å². The van der Waals surface area contributed by atoms with Gasteiger partial charge in [-0.05, 0) is 92.8 Å². The Kier molecular flexibility index (Phi) is 7.37. The molecular formula is C29H33N5O3. The Morgan fingerprint density at radius 1 is 1.16 bits per heavy atom. The van der Waals surface area contributed by atoms with E-state index in [9.17, 15) is 9.90 Å². The summed E-state index contributed by atoms with van der Waals surface area (Å²) in [4.78, 5) is 27.5. The van der Waals surface area contributed by atoms with E-state index in [1.54, 1.807) is 31.5 Å². The van der Waals surface area contributed by atoms with Crippen LogP contribution in [0.2, 0.25) is 0 Å². The number of aromatic hydroxyl groups is 1. The largest absolute Gasteiger partial charge is 0.507 e. The third-order valence-electron chi connectivity index (χ3n) is 7.26. The molecule has 2 aromatic heterocycles. The number of hydrogen-bond acceptors (Lipinski definition) is 6. The first-order valence-corrected chi connectivity index (χ1v) is 12.9. The fourth-order valence-corrected chi connectivity index (χ4v) is 5.02. The number of methoxy groups -OCH3 is 1. The number of carbonyl (C=O) groups is 1. The molecule has 1 aliphatic heterocycles. The molecule has 5 rings (SSSR count). The van der Waals surface area contributed by atoms with Crippen LogP contribution in [0.4, 0.5) is 0 Å². The number of rotatable bonds is 8. The number of pyridine rings is 1. The first-order chi connectivity index (χ1) is 18.1. The second-order valence-electron chi connectivity index (χ2n) is 9.53.